The molecule has 5 nitrogen and oxygen atoms in total. The number of hydrogen-bond donors (Lipinski definition) is 3. The highest BCUT2D eigenvalue weighted by atomic mass is 16.1. The second-order valence-electron chi connectivity index (χ2n) is 7.63. The Bertz CT molecular complexity index is 926. The van der Waals surface area contributed by atoms with Gasteiger partial charge in [-0.3, -0.25) is 15.0 Å². The molecule has 1 aliphatic rings. The van der Waals surface area contributed by atoms with Gasteiger partial charge < -0.3 is 5.32 Å². The summed E-state index contributed by atoms with van der Waals surface area (Å²) in [6, 6.07) is 12.6. The van der Waals surface area contributed by atoms with Crippen LogP contribution in [0.25, 0.3) is 10.9 Å². The second-order valence-corrected chi connectivity index (χ2v) is 7.63. The number of anilines is 1. The average Bonchev–Trinajstić information content (AvgIpc) is 3.23. The zero-order chi connectivity index (χ0) is 17.4. The normalized spacial score (nSPS) is 20.9. The number of aromatic nitrogens is 3. The van der Waals surface area contributed by atoms with Crippen LogP contribution < -0.4 is 10.9 Å². The van der Waals surface area contributed by atoms with Crippen LogP contribution in [0.3, 0.4) is 0 Å². The van der Waals surface area contributed by atoms with Crippen molar-refractivity contribution in [2.24, 2.45) is 5.92 Å². The molecule has 0 amide bonds. The van der Waals surface area contributed by atoms with Crippen LogP contribution in [0.5, 0.6) is 0 Å². The third kappa shape index (κ3) is 2.95. The predicted octanol–water partition coefficient (Wildman–Crippen LogP) is 3.81. The Hall–Kier alpha value is -2.56. The Morgan fingerprint density at radius 3 is 2.84 bits per heavy atom. The number of aromatic amines is 2. The second kappa shape index (κ2) is 6.06. The fourth-order valence-electron chi connectivity index (χ4n) is 4.10. The minimum absolute atomic E-state index is 0.0557. The summed E-state index contributed by atoms with van der Waals surface area (Å²) in [4.78, 5) is 16.1. The van der Waals surface area contributed by atoms with Gasteiger partial charge in [0.25, 0.3) is 5.56 Å². The molecule has 1 saturated carbocycles. The summed E-state index contributed by atoms with van der Waals surface area (Å²) in [5.41, 5.74) is 2.17. The quantitative estimate of drug-likeness (QED) is 0.678. The van der Waals surface area contributed by atoms with Crippen LogP contribution in [0.15, 0.2) is 47.4 Å². The van der Waals surface area contributed by atoms with Crippen molar-refractivity contribution in [3.8, 4) is 0 Å². The van der Waals surface area contributed by atoms with Crippen LogP contribution >= 0.6 is 0 Å². The molecule has 1 aromatic carbocycles. The molecule has 5 heteroatoms. The third-order valence-corrected chi connectivity index (χ3v) is 5.79. The molecule has 2 heterocycles. The van der Waals surface area contributed by atoms with Gasteiger partial charge in [-0.25, -0.2) is 4.98 Å². The van der Waals surface area contributed by atoms with Crippen molar-refractivity contribution in [1.82, 2.24) is 15.2 Å². The SMILES string of the molecule is CC(C)(c1ccc2c(=O)[nH][nH]c2c1)C1CCC(Nc2ccccn2)C1. The van der Waals surface area contributed by atoms with E-state index in [-0.39, 0.29) is 11.0 Å². The number of H-pyrrole nitrogens is 2. The molecule has 2 unspecified atom stereocenters. The Morgan fingerprint density at radius 2 is 2.04 bits per heavy atom. The van der Waals surface area contributed by atoms with Gasteiger partial charge in [0.15, 0.2) is 0 Å². The lowest BCUT2D eigenvalue weighted by molar-refractivity contribution is 0.323. The standard InChI is InChI=1S/C20H24N4O/c1-20(2,14-7-9-16-17(12-14)23-24-19(16)25)13-6-8-15(11-13)22-18-5-3-4-10-21-18/h3-5,7,9-10,12-13,15H,6,8,11H2,1-2H3,(H,21,22)(H2,23,24,25). The van der Waals surface area contributed by atoms with Gasteiger partial charge in [-0.2, -0.15) is 0 Å². The van der Waals surface area contributed by atoms with E-state index >= 15 is 0 Å². The third-order valence-electron chi connectivity index (χ3n) is 5.79. The maximum atomic E-state index is 11.7. The molecule has 2 aromatic heterocycles. The fourth-order valence-corrected chi connectivity index (χ4v) is 4.10. The summed E-state index contributed by atoms with van der Waals surface area (Å²) in [5, 5.41) is 9.92. The lowest BCUT2D eigenvalue weighted by Crippen LogP contribution is -2.28. The molecule has 0 spiro atoms. The Morgan fingerprint density at radius 1 is 1.16 bits per heavy atom. The zero-order valence-corrected chi connectivity index (χ0v) is 14.7. The molecule has 25 heavy (non-hydrogen) atoms. The number of fused-ring (bicyclic) bond motifs is 1. The first kappa shape index (κ1) is 15.9. The number of pyridine rings is 1. The summed E-state index contributed by atoms with van der Waals surface area (Å²) in [6.45, 7) is 4.62. The lowest BCUT2D eigenvalue weighted by Gasteiger charge is -2.32. The molecule has 3 aromatic rings. The summed E-state index contributed by atoms with van der Waals surface area (Å²) in [5.74, 6) is 1.55. The smallest absolute Gasteiger partial charge is 0.271 e. The van der Waals surface area contributed by atoms with Gasteiger partial charge in [-0.05, 0) is 60.4 Å². The van der Waals surface area contributed by atoms with Crippen molar-refractivity contribution in [3.05, 3.63) is 58.5 Å². The highest BCUT2D eigenvalue weighted by molar-refractivity contribution is 5.78. The summed E-state index contributed by atoms with van der Waals surface area (Å²) in [6.07, 6.45) is 5.31. The van der Waals surface area contributed by atoms with Gasteiger partial charge in [0.05, 0.1) is 10.9 Å². The van der Waals surface area contributed by atoms with E-state index in [0.29, 0.717) is 12.0 Å². The molecule has 2 atom stereocenters. The Balaban J connectivity index is 1.52. The molecular formula is C20H24N4O. The zero-order valence-electron chi connectivity index (χ0n) is 14.7. The predicted molar refractivity (Wildman–Crippen MR) is 101 cm³/mol. The molecule has 4 rings (SSSR count). The minimum atomic E-state index is -0.0557. The molecule has 3 N–H and O–H groups in total. The van der Waals surface area contributed by atoms with Gasteiger partial charge in [-0.15, -0.1) is 0 Å². The van der Waals surface area contributed by atoms with Crippen molar-refractivity contribution in [1.29, 1.82) is 0 Å². The molecule has 1 aliphatic carbocycles. The van der Waals surface area contributed by atoms with Crippen molar-refractivity contribution in [2.45, 2.75) is 44.6 Å². The van der Waals surface area contributed by atoms with Crippen molar-refractivity contribution in [3.63, 3.8) is 0 Å². The number of benzene rings is 1. The Kier molecular flexibility index (Phi) is 3.86. The van der Waals surface area contributed by atoms with E-state index in [4.69, 9.17) is 0 Å². The van der Waals surface area contributed by atoms with Gasteiger partial charge in [0.2, 0.25) is 0 Å². The highest BCUT2D eigenvalue weighted by Gasteiger charge is 2.37. The first-order chi connectivity index (χ1) is 12.0. The van der Waals surface area contributed by atoms with E-state index in [2.05, 4.69) is 46.5 Å². The Labute approximate surface area is 146 Å². The average molecular weight is 336 g/mol. The molecular weight excluding hydrogens is 312 g/mol. The fraction of sp³-hybridized carbons (Fsp3) is 0.400. The van der Waals surface area contributed by atoms with Crippen LogP contribution in [-0.2, 0) is 5.41 Å². The highest BCUT2D eigenvalue weighted by Crippen LogP contribution is 2.43. The molecule has 130 valence electrons. The van der Waals surface area contributed by atoms with Crippen LogP contribution in [0, 0.1) is 5.92 Å². The van der Waals surface area contributed by atoms with Crippen LogP contribution in [0.4, 0.5) is 5.82 Å². The monoisotopic (exact) mass is 336 g/mol. The van der Waals surface area contributed by atoms with Crippen LogP contribution in [0.2, 0.25) is 0 Å². The first-order valence-electron chi connectivity index (χ1n) is 8.92. The number of nitrogens with one attached hydrogen (secondary N) is 3. The number of nitrogens with zero attached hydrogens (tertiary/aromatic N) is 1. The maximum absolute atomic E-state index is 11.7. The number of rotatable bonds is 4. The molecule has 1 fully saturated rings. The summed E-state index contributed by atoms with van der Waals surface area (Å²) < 4.78 is 0. The van der Waals surface area contributed by atoms with E-state index in [1.165, 1.54) is 12.0 Å². The van der Waals surface area contributed by atoms with E-state index < -0.39 is 0 Å². The summed E-state index contributed by atoms with van der Waals surface area (Å²) >= 11 is 0. The van der Waals surface area contributed by atoms with Crippen LogP contribution in [-0.4, -0.2) is 21.2 Å². The van der Waals surface area contributed by atoms with E-state index in [1.807, 2.05) is 30.5 Å². The number of hydrogen-bond acceptors (Lipinski definition) is 3. The van der Waals surface area contributed by atoms with Gasteiger partial charge in [0, 0.05) is 12.2 Å². The summed E-state index contributed by atoms with van der Waals surface area (Å²) in [7, 11) is 0. The van der Waals surface area contributed by atoms with E-state index in [1.54, 1.807) is 0 Å². The largest absolute Gasteiger partial charge is 0.367 e. The lowest BCUT2D eigenvalue weighted by atomic mass is 9.72. The molecule has 0 bridgehead atoms. The van der Waals surface area contributed by atoms with Crippen molar-refractivity contribution < 1.29 is 0 Å². The van der Waals surface area contributed by atoms with Crippen LogP contribution in [0.1, 0.15) is 38.7 Å². The van der Waals surface area contributed by atoms with Gasteiger partial charge in [-0.1, -0.05) is 26.0 Å². The van der Waals surface area contributed by atoms with Gasteiger partial charge in [0.1, 0.15) is 5.82 Å². The minimum Gasteiger partial charge on any atom is -0.367 e. The first-order valence-corrected chi connectivity index (χ1v) is 8.92. The van der Waals surface area contributed by atoms with E-state index in [0.717, 1.165) is 29.6 Å². The molecule has 0 radical (unpaired) electrons. The van der Waals surface area contributed by atoms with E-state index in [9.17, 15) is 4.79 Å². The maximum Gasteiger partial charge on any atom is 0.271 e. The van der Waals surface area contributed by atoms with Crippen molar-refractivity contribution >= 4 is 16.7 Å². The van der Waals surface area contributed by atoms with Gasteiger partial charge >= 0.3 is 0 Å². The molecule has 0 aliphatic heterocycles. The van der Waals surface area contributed by atoms with Crippen molar-refractivity contribution in [2.75, 3.05) is 5.32 Å². The topological polar surface area (TPSA) is 73.6 Å². The molecule has 0 saturated heterocycles.